The van der Waals surface area contributed by atoms with Crippen molar-refractivity contribution in [1.29, 1.82) is 0 Å². The summed E-state index contributed by atoms with van der Waals surface area (Å²) < 4.78 is 0. The van der Waals surface area contributed by atoms with Gasteiger partial charge in [0, 0.05) is 11.8 Å². The molecule has 0 aliphatic rings. The molecule has 4 rings (SSSR count). The van der Waals surface area contributed by atoms with Crippen molar-refractivity contribution in [3.8, 4) is 10.6 Å². The molecule has 1 atom stereocenters. The minimum atomic E-state index is -0.295. The van der Waals surface area contributed by atoms with Crippen LogP contribution in [0.5, 0.6) is 0 Å². The van der Waals surface area contributed by atoms with Gasteiger partial charge < -0.3 is 11.1 Å². The van der Waals surface area contributed by atoms with Crippen molar-refractivity contribution in [2.45, 2.75) is 5.25 Å². The second kappa shape index (κ2) is 8.46. The molecule has 1 amide bonds. The summed E-state index contributed by atoms with van der Waals surface area (Å²) in [6, 6.07) is 20.3. The average molecular weight is 419 g/mol. The van der Waals surface area contributed by atoms with E-state index in [2.05, 4.69) is 15.3 Å². The summed E-state index contributed by atoms with van der Waals surface area (Å²) in [6.07, 6.45) is 1.74. The molecular formula is C22H18N4OS2. The van der Waals surface area contributed by atoms with E-state index < -0.39 is 0 Å². The zero-order chi connectivity index (χ0) is 20.2. The van der Waals surface area contributed by atoms with Gasteiger partial charge in [0.15, 0.2) is 0 Å². The number of nitrogens with one attached hydrogen (secondary N) is 1. The number of carbonyl (C=O) groups is 1. The smallest absolute Gasteiger partial charge is 0.255 e. The first-order valence-corrected chi connectivity index (χ1v) is 10.3. The van der Waals surface area contributed by atoms with Crippen molar-refractivity contribution in [3.63, 3.8) is 0 Å². The maximum Gasteiger partial charge on any atom is 0.255 e. The number of nitrogens with two attached hydrogens (primary N) is 1. The van der Waals surface area contributed by atoms with Crippen molar-refractivity contribution >= 4 is 41.2 Å². The summed E-state index contributed by atoms with van der Waals surface area (Å²) in [7, 11) is 0. The number of para-hydroxylation sites is 2. The van der Waals surface area contributed by atoms with Crippen molar-refractivity contribution in [2.24, 2.45) is 0 Å². The quantitative estimate of drug-likeness (QED) is 0.313. The van der Waals surface area contributed by atoms with Crippen LogP contribution in [0.1, 0.15) is 27.0 Å². The van der Waals surface area contributed by atoms with Crippen molar-refractivity contribution in [1.82, 2.24) is 9.97 Å². The van der Waals surface area contributed by atoms with E-state index in [4.69, 9.17) is 18.4 Å². The fraction of sp³-hybridized carbons (Fsp3) is 0.0455. The van der Waals surface area contributed by atoms with E-state index in [-0.39, 0.29) is 11.2 Å². The van der Waals surface area contributed by atoms with Gasteiger partial charge in [-0.15, -0.1) is 11.3 Å². The Hall–Kier alpha value is -3.16. The number of thiophene rings is 1. The highest BCUT2D eigenvalue weighted by molar-refractivity contribution is 7.80. The van der Waals surface area contributed by atoms with Gasteiger partial charge in [0.1, 0.15) is 5.82 Å². The number of aromatic nitrogens is 2. The molecule has 1 unspecified atom stereocenters. The Kier molecular flexibility index (Phi) is 5.59. The average Bonchev–Trinajstić information content (AvgIpc) is 3.30. The van der Waals surface area contributed by atoms with E-state index in [1.165, 1.54) is 0 Å². The summed E-state index contributed by atoms with van der Waals surface area (Å²) >= 11 is 6.33. The van der Waals surface area contributed by atoms with Crippen molar-refractivity contribution in [3.05, 3.63) is 95.3 Å². The monoisotopic (exact) mass is 418 g/mol. The molecule has 7 heteroatoms. The Morgan fingerprint density at radius 2 is 1.83 bits per heavy atom. The van der Waals surface area contributed by atoms with Gasteiger partial charge in [0.2, 0.25) is 0 Å². The fourth-order valence-electron chi connectivity index (χ4n) is 2.84. The van der Waals surface area contributed by atoms with Crippen LogP contribution in [0, 0.1) is 0 Å². The number of benzene rings is 2. The first-order chi connectivity index (χ1) is 14.1. The zero-order valence-electron chi connectivity index (χ0n) is 15.3. The first-order valence-electron chi connectivity index (χ1n) is 8.92. The molecule has 0 bridgehead atoms. The lowest BCUT2D eigenvalue weighted by Gasteiger charge is -2.12. The van der Waals surface area contributed by atoms with Crippen LogP contribution in [0.15, 0.2) is 78.3 Å². The molecule has 0 aliphatic heterocycles. The van der Waals surface area contributed by atoms with Crippen LogP contribution in [-0.2, 0) is 0 Å². The molecule has 4 aromatic rings. The van der Waals surface area contributed by atoms with Gasteiger partial charge in [-0.1, -0.05) is 30.3 Å². The van der Waals surface area contributed by atoms with E-state index >= 15 is 0 Å². The Bertz CT molecular complexity index is 1130. The lowest BCUT2D eigenvalue weighted by atomic mass is 10.1. The Balaban J connectivity index is 1.51. The molecule has 5 nitrogen and oxygen atoms in total. The minimum absolute atomic E-state index is 0.221. The Morgan fingerprint density at radius 3 is 2.55 bits per heavy atom. The number of amides is 1. The topological polar surface area (TPSA) is 80.9 Å². The second-order valence-corrected chi connectivity index (χ2v) is 7.81. The van der Waals surface area contributed by atoms with Gasteiger partial charge in [0.05, 0.1) is 27.2 Å². The van der Waals surface area contributed by atoms with Gasteiger partial charge in [-0.05, 0) is 47.3 Å². The number of anilines is 2. The van der Waals surface area contributed by atoms with Gasteiger partial charge in [-0.25, -0.2) is 9.97 Å². The number of hydrogen-bond donors (Lipinski definition) is 3. The highest BCUT2D eigenvalue weighted by Gasteiger charge is 2.15. The Labute approximate surface area is 178 Å². The van der Waals surface area contributed by atoms with Gasteiger partial charge >= 0.3 is 0 Å². The van der Waals surface area contributed by atoms with Gasteiger partial charge in [0.25, 0.3) is 5.91 Å². The molecule has 0 radical (unpaired) electrons. The molecule has 0 saturated heterocycles. The molecule has 0 spiro atoms. The maximum absolute atomic E-state index is 12.5. The third-order valence-electron chi connectivity index (χ3n) is 4.39. The number of hydrogen-bond acceptors (Lipinski definition) is 6. The van der Waals surface area contributed by atoms with E-state index in [1.807, 2.05) is 47.8 Å². The minimum Gasteiger partial charge on any atom is -0.397 e. The molecule has 0 aliphatic carbocycles. The second-order valence-electron chi connectivity index (χ2n) is 6.34. The Morgan fingerprint density at radius 1 is 1.03 bits per heavy atom. The van der Waals surface area contributed by atoms with Crippen LogP contribution >= 0.6 is 24.0 Å². The first kappa shape index (κ1) is 19.2. The molecular weight excluding hydrogens is 400 g/mol. The highest BCUT2D eigenvalue weighted by atomic mass is 32.1. The maximum atomic E-state index is 12.5. The summed E-state index contributed by atoms with van der Waals surface area (Å²) in [5.74, 6) is 0.398. The van der Waals surface area contributed by atoms with Gasteiger partial charge in [-0.2, -0.15) is 12.6 Å². The lowest BCUT2D eigenvalue weighted by Crippen LogP contribution is -2.13. The number of rotatable bonds is 5. The van der Waals surface area contributed by atoms with Crippen LogP contribution in [0.4, 0.5) is 11.4 Å². The molecule has 0 fully saturated rings. The molecule has 2 heterocycles. The number of nitrogen functional groups attached to an aromatic ring is 1. The van der Waals surface area contributed by atoms with Crippen LogP contribution in [-0.4, -0.2) is 15.9 Å². The molecule has 0 saturated carbocycles. The highest BCUT2D eigenvalue weighted by Crippen LogP contribution is 2.29. The van der Waals surface area contributed by atoms with Crippen LogP contribution in [0.25, 0.3) is 10.6 Å². The SMILES string of the molecule is Nc1ccccc1NC(=O)c1ccc(C(S)c2nccc(-c3cccs3)n2)cc1. The number of nitrogens with zero attached hydrogens (tertiary/aromatic N) is 2. The molecule has 29 heavy (non-hydrogen) atoms. The van der Waals surface area contributed by atoms with Crippen LogP contribution < -0.4 is 11.1 Å². The summed E-state index contributed by atoms with van der Waals surface area (Å²) in [5, 5.41) is 4.54. The predicted octanol–water partition coefficient (Wildman–Crippen LogP) is 5.06. The van der Waals surface area contributed by atoms with Crippen molar-refractivity contribution in [2.75, 3.05) is 11.1 Å². The summed E-state index contributed by atoms with van der Waals surface area (Å²) in [5.41, 5.74) is 9.32. The van der Waals surface area contributed by atoms with E-state index in [9.17, 15) is 4.79 Å². The molecule has 144 valence electrons. The third kappa shape index (κ3) is 4.31. The predicted molar refractivity (Wildman–Crippen MR) is 121 cm³/mol. The van der Waals surface area contributed by atoms with Crippen LogP contribution in [0.3, 0.4) is 0 Å². The molecule has 2 aromatic carbocycles. The third-order valence-corrected chi connectivity index (χ3v) is 5.81. The molecule has 2 aromatic heterocycles. The normalized spacial score (nSPS) is 11.8. The number of carbonyl (C=O) groups excluding carboxylic acids is 1. The standard InChI is InChI=1S/C22H18N4OS2/c23-16-4-1-2-5-17(16)26-22(27)15-9-7-14(8-10-15)20(28)21-24-12-11-18(25-21)19-6-3-13-29-19/h1-13,20,28H,23H2,(H,26,27). The lowest BCUT2D eigenvalue weighted by molar-refractivity contribution is 0.102. The van der Waals surface area contributed by atoms with E-state index in [0.29, 0.717) is 22.8 Å². The summed E-state index contributed by atoms with van der Waals surface area (Å²) in [4.78, 5) is 22.6. The number of thiol groups is 1. The van der Waals surface area contributed by atoms with Gasteiger partial charge in [-0.3, -0.25) is 4.79 Å². The fourth-order valence-corrected chi connectivity index (χ4v) is 3.83. The zero-order valence-corrected chi connectivity index (χ0v) is 17.0. The van der Waals surface area contributed by atoms with Crippen molar-refractivity contribution < 1.29 is 4.79 Å². The molecule has 3 N–H and O–H groups in total. The van der Waals surface area contributed by atoms with Crippen LogP contribution in [0.2, 0.25) is 0 Å². The van der Waals surface area contributed by atoms with E-state index in [1.54, 1.807) is 41.8 Å². The largest absolute Gasteiger partial charge is 0.397 e. The summed E-state index contributed by atoms with van der Waals surface area (Å²) in [6.45, 7) is 0. The van der Waals surface area contributed by atoms with E-state index in [0.717, 1.165) is 16.1 Å².